The van der Waals surface area contributed by atoms with Crippen molar-refractivity contribution < 1.29 is 9.18 Å². The lowest BCUT2D eigenvalue weighted by Gasteiger charge is -2.16. The zero-order chi connectivity index (χ0) is 14.7. The third-order valence-corrected chi connectivity index (χ3v) is 3.97. The summed E-state index contributed by atoms with van der Waals surface area (Å²) in [5.41, 5.74) is 1.54. The van der Waals surface area contributed by atoms with Crippen LogP contribution in [-0.2, 0) is 0 Å². The van der Waals surface area contributed by atoms with E-state index in [4.69, 9.17) is 0 Å². The number of pyridine rings is 1. The predicted molar refractivity (Wildman–Crippen MR) is 77.6 cm³/mol. The Kier molecular flexibility index (Phi) is 4.44. The van der Waals surface area contributed by atoms with Crippen molar-refractivity contribution in [2.75, 3.05) is 13.6 Å². The van der Waals surface area contributed by atoms with E-state index in [0.29, 0.717) is 10.6 Å². The topological polar surface area (TPSA) is 46.1 Å². The standard InChI is InChI=1S/C14H16FN3OS/c1-9(15)8-18(3)14(19)12-10(2)17-13(20-12)11-5-4-6-16-7-11/h4-7,9H,8H2,1-3H3. The van der Waals surface area contributed by atoms with Crippen LogP contribution in [0.4, 0.5) is 4.39 Å². The monoisotopic (exact) mass is 293 g/mol. The molecule has 0 aliphatic rings. The lowest BCUT2D eigenvalue weighted by Crippen LogP contribution is -2.31. The molecular formula is C14H16FN3OS. The number of hydrogen-bond acceptors (Lipinski definition) is 4. The van der Waals surface area contributed by atoms with Crippen LogP contribution in [0.3, 0.4) is 0 Å². The number of nitrogens with zero attached hydrogens (tertiary/aromatic N) is 3. The average Bonchev–Trinajstić information content (AvgIpc) is 2.80. The van der Waals surface area contributed by atoms with E-state index in [-0.39, 0.29) is 12.5 Å². The van der Waals surface area contributed by atoms with Crippen molar-refractivity contribution >= 4 is 17.2 Å². The maximum absolute atomic E-state index is 13.0. The molecule has 20 heavy (non-hydrogen) atoms. The molecule has 6 heteroatoms. The van der Waals surface area contributed by atoms with E-state index in [0.717, 1.165) is 10.6 Å². The quantitative estimate of drug-likeness (QED) is 0.870. The van der Waals surface area contributed by atoms with Gasteiger partial charge >= 0.3 is 0 Å². The summed E-state index contributed by atoms with van der Waals surface area (Å²) in [5.74, 6) is -0.195. The highest BCUT2D eigenvalue weighted by atomic mass is 32.1. The largest absolute Gasteiger partial charge is 0.338 e. The molecule has 1 amide bonds. The molecule has 0 N–H and O–H groups in total. The Morgan fingerprint density at radius 2 is 2.30 bits per heavy atom. The minimum Gasteiger partial charge on any atom is -0.338 e. The van der Waals surface area contributed by atoms with E-state index in [1.165, 1.54) is 23.2 Å². The molecule has 1 unspecified atom stereocenters. The lowest BCUT2D eigenvalue weighted by molar-refractivity contribution is 0.0765. The van der Waals surface area contributed by atoms with Crippen LogP contribution in [0.2, 0.25) is 0 Å². The summed E-state index contributed by atoms with van der Waals surface area (Å²) in [4.78, 5) is 22.6. The first-order valence-corrected chi connectivity index (χ1v) is 7.08. The Morgan fingerprint density at radius 1 is 1.55 bits per heavy atom. The first-order valence-electron chi connectivity index (χ1n) is 6.26. The van der Waals surface area contributed by atoms with Gasteiger partial charge in [0.2, 0.25) is 0 Å². The first kappa shape index (κ1) is 14.6. The summed E-state index contributed by atoms with van der Waals surface area (Å²) in [6.07, 6.45) is 2.35. The highest BCUT2D eigenvalue weighted by Gasteiger charge is 2.20. The molecule has 106 valence electrons. The van der Waals surface area contributed by atoms with E-state index < -0.39 is 6.17 Å². The maximum Gasteiger partial charge on any atom is 0.265 e. The van der Waals surface area contributed by atoms with Gasteiger partial charge in [0.15, 0.2) is 0 Å². The molecule has 0 fully saturated rings. The van der Waals surface area contributed by atoms with Gasteiger partial charge in [-0.25, -0.2) is 9.37 Å². The van der Waals surface area contributed by atoms with Crippen molar-refractivity contribution in [2.24, 2.45) is 0 Å². The summed E-state index contributed by atoms with van der Waals surface area (Å²) in [6.45, 7) is 3.30. The van der Waals surface area contributed by atoms with Gasteiger partial charge in [-0.3, -0.25) is 9.78 Å². The fourth-order valence-electron chi connectivity index (χ4n) is 1.84. The molecule has 0 spiro atoms. The highest BCUT2D eigenvalue weighted by molar-refractivity contribution is 7.17. The highest BCUT2D eigenvalue weighted by Crippen LogP contribution is 2.28. The molecule has 2 heterocycles. The van der Waals surface area contributed by atoms with E-state index in [2.05, 4.69) is 9.97 Å². The molecule has 0 bridgehead atoms. The van der Waals surface area contributed by atoms with Crippen molar-refractivity contribution in [3.63, 3.8) is 0 Å². The van der Waals surface area contributed by atoms with Crippen LogP contribution >= 0.6 is 11.3 Å². The van der Waals surface area contributed by atoms with Gasteiger partial charge in [-0.15, -0.1) is 11.3 Å². The first-order chi connectivity index (χ1) is 9.49. The molecule has 0 saturated carbocycles. The second-order valence-corrected chi connectivity index (χ2v) is 5.64. The van der Waals surface area contributed by atoms with Crippen LogP contribution in [0.15, 0.2) is 24.5 Å². The maximum atomic E-state index is 13.0. The molecule has 4 nitrogen and oxygen atoms in total. The van der Waals surface area contributed by atoms with E-state index in [1.54, 1.807) is 26.4 Å². The number of amides is 1. The average molecular weight is 293 g/mol. The predicted octanol–water partition coefficient (Wildman–Crippen LogP) is 2.94. The molecule has 2 rings (SSSR count). The summed E-state index contributed by atoms with van der Waals surface area (Å²) in [6, 6.07) is 3.72. The smallest absolute Gasteiger partial charge is 0.265 e. The molecule has 1 atom stereocenters. The number of alkyl halides is 1. The molecular weight excluding hydrogens is 277 g/mol. The number of aryl methyl sites for hydroxylation is 1. The number of carbonyl (C=O) groups excluding carboxylic acids is 1. The van der Waals surface area contributed by atoms with Crippen LogP contribution in [0.1, 0.15) is 22.3 Å². The molecule has 0 aromatic carbocycles. The zero-order valence-corrected chi connectivity index (χ0v) is 12.4. The fourth-order valence-corrected chi connectivity index (χ4v) is 2.89. The van der Waals surface area contributed by atoms with Crippen molar-refractivity contribution in [3.05, 3.63) is 35.1 Å². The Morgan fingerprint density at radius 3 is 2.90 bits per heavy atom. The normalized spacial score (nSPS) is 12.2. The van der Waals surface area contributed by atoms with Gasteiger partial charge in [0.1, 0.15) is 16.1 Å². The molecule has 2 aromatic rings. The van der Waals surface area contributed by atoms with Crippen molar-refractivity contribution in [3.8, 4) is 10.6 Å². The van der Waals surface area contributed by atoms with E-state index >= 15 is 0 Å². The number of carbonyl (C=O) groups is 1. The molecule has 0 aliphatic heterocycles. The van der Waals surface area contributed by atoms with Crippen molar-refractivity contribution in [1.82, 2.24) is 14.9 Å². The van der Waals surface area contributed by atoms with Gasteiger partial charge < -0.3 is 4.90 Å². The number of thiazole rings is 1. The number of aromatic nitrogens is 2. The van der Waals surface area contributed by atoms with Crippen LogP contribution in [0.25, 0.3) is 10.6 Å². The van der Waals surface area contributed by atoms with Crippen LogP contribution < -0.4 is 0 Å². The number of rotatable bonds is 4. The number of hydrogen-bond donors (Lipinski definition) is 0. The lowest BCUT2D eigenvalue weighted by atomic mass is 10.3. The van der Waals surface area contributed by atoms with E-state index in [9.17, 15) is 9.18 Å². The Labute approximate surface area is 121 Å². The zero-order valence-electron chi connectivity index (χ0n) is 11.6. The van der Waals surface area contributed by atoms with Crippen LogP contribution in [0, 0.1) is 6.92 Å². The third kappa shape index (κ3) is 3.19. The molecule has 2 aromatic heterocycles. The third-order valence-electron chi connectivity index (χ3n) is 2.77. The second-order valence-electron chi connectivity index (χ2n) is 4.64. The van der Waals surface area contributed by atoms with Crippen LogP contribution in [0.5, 0.6) is 0 Å². The SMILES string of the molecule is Cc1nc(-c2cccnc2)sc1C(=O)N(C)CC(C)F. The minimum atomic E-state index is -1.05. The van der Waals surface area contributed by atoms with E-state index in [1.807, 2.05) is 12.1 Å². The van der Waals surface area contributed by atoms with Gasteiger partial charge in [0.05, 0.1) is 12.2 Å². The van der Waals surface area contributed by atoms with Crippen LogP contribution in [-0.4, -0.2) is 40.5 Å². The second kappa shape index (κ2) is 6.09. The van der Waals surface area contributed by atoms with Gasteiger partial charge in [0, 0.05) is 25.0 Å². The van der Waals surface area contributed by atoms with Crippen molar-refractivity contribution in [1.29, 1.82) is 0 Å². The Bertz CT molecular complexity index is 598. The summed E-state index contributed by atoms with van der Waals surface area (Å²) < 4.78 is 13.0. The summed E-state index contributed by atoms with van der Waals surface area (Å²) >= 11 is 1.31. The number of halogens is 1. The minimum absolute atomic E-state index is 0.0817. The Balaban J connectivity index is 2.26. The van der Waals surface area contributed by atoms with Gasteiger partial charge in [-0.05, 0) is 26.0 Å². The molecule has 0 saturated heterocycles. The summed E-state index contributed by atoms with van der Waals surface area (Å²) in [5, 5.41) is 0.751. The molecule has 0 radical (unpaired) electrons. The Hall–Kier alpha value is -1.82. The fraction of sp³-hybridized carbons (Fsp3) is 0.357. The summed E-state index contributed by atoms with van der Waals surface area (Å²) in [7, 11) is 1.60. The van der Waals surface area contributed by atoms with Gasteiger partial charge in [0.25, 0.3) is 5.91 Å². The van der Waals surface area contributed by atoms with Gasteiger partial charge in [-0.1, -0.05) is 0 Å². The van der Waals surface area contributed by atoms with Gasteiger partial charge in [-0.2, -0.15) is 0 Å². The molecule has 0 aliphatic carbocycles. The van der Waals surface area contributed by atoms with Crippen molar-refractivity contribution in [2.45, 2.75) is 20.0 Å².